The molecule has 3 heterocycles. The van der Waals surface area contributed by atoms with Crippen LogP contribution in [0.25, 0.3) is 10.2 Å². The van der Waals surface area contributed by atoms with Crippen molar-refractivity contribution < 1.29 is 9.59 Å². The zero-order chi connectivity index (χ0) is 22.0. The van der Waals surface area contributed by atoms with Crippen LogP contribution < -0.4 is 5.32 Å². The van der Waals surface area contributed by atoms with Crippen molar-refractivity contribution in [2.75, 3.05) is 13.1 Å². The molecule has 1 aliphatic heterocycles. The number of aromatic nitrogens is 2. The Kier molecular flexibility index (Phi) is 6.32. The first-order chi connectivity index (χ1) is 15.0. The second kappa shape index (κ2) is 9.14. The van der Waals surface area contributed by atoms with Crippen LogP contribution in [0, 0.1) is 19.8 Å². The molecule has 1 N–H and O–H groups in total. The fraction of sp³-hybridized carbons (Fsp3) is 0.417. The zero-order valence-corrected chi connectivity index (χ0v) is 19.1. The Bertz CT molecular complexity index is 1100. The molecule has 1 aromatic carbocycles. The lowest BCUT2D eigenvalue weighted by molar-refractivity contribution is -0.126. The Balaban J connectivity index is 1.40. The molecule has 1 aliphatic rings. The Morgan fingerprint density at radius 1 is 1.13 bits per heavy atom. The van der Waals surface area contributed by atoms with Crippen molar-refractivity contribution in [2.45, 2.75) is 46.6 Å². The number of benzene rings is 1. The van der Waals surface area contributed by atoms with Crippen LogP contribution in [0.5, 0.6) is 0 Å². The van der Waals surface area contributed by atoms with Crippen molar-refractivity contribution in [3.8, 4) is 0 Å². The number of carbonyl (C=O) groups is 2. The van der Waals surface area contributed by atoms with E-state index in [9.17, 15) is 9.59 Å². The number of fused-ring (bicyclic) bond motifs is 1. The minimum absolute atomic E-state index is 0.0427. The summed E-state index contributed by atoms with van der Waals surface area (Å²) < 4.78 is 0. The number of hydrogen-bond donors (Lipinski definition) is 1. The maximum atomic E-state index is 13.2. The van der Waals surface area contributed by atoms with Crippen LogP contribution in [0.3, 0.4) is 0 Å². The van der Waals surface area contributed by atoms with E-state index in [0.29, 0.717) is 32.5 Å². The van der Waals surface area contributed by atoms with Crippen LogP contribution in [0.1, 0.15) is 52.1 Å². The van der Waals surface area contributed by atoms with Crippen LogP contribution in [-0.2, 0) is 17.8 Å². The average molecular weight is 437 g/mol. The van der Waals surface area contributed by atoms with Gasteiger partial charge in [0.05, 0.1) is 4.88 Å². The van der Waals surface area contributed by atoms with E-state index in [0.717, 1.165) is 44.2 Å². The van der Waals surface area contributed by atoms with Gasteiger partial charge in [-0.25, -0.2) is 9.97 Å². The highest BCUT2D eigenvalue weighted by atomic mass is 32.1. The van der Waals surface area contributed by atoms with E-state index >= 15 is 0 Å². The van der Waals surface area contributed by atoms with Gasteiger partial charge in [-0.3, -0.25) is 9.59 Å². The molecule has 0 aliphatic carbocycles. The predicted octanol–water partition coefficient (Wildman–Crippen LogP) is 4.04. The van der Waals surface area contributed by atoms with Gasteiger partial charge in [0, 0.05) is 43.1 Å². The molecule has 0 unspecified atom stereocenters. The summed E-state index contributed by atoms with van der Waals surface area (Å²) >= 11 is 1.46. The Morgan fingerprint density at radius 2 is 1.84 bits per heavy atom. The van der Waals surface area contributed by atoms with Gasteiger partial charge >= 0.3 is 0 Å². The third-order valence-corrected chi connectivity index (χ3v) is 7.16. The van der Waals surface area contributed by atoms with Crippen LogP contribution in [0.4, 0.5) is 0 Å². The van der Waals surface area contributed by atoms with E-state index in [1.807, 2.05) is 56.0 Å². The smallest absolute Gasteiger partial charge is 0.264 e. The molecule has 0 bridgehead atoms. The summed E-state index contributed by atoms with van der Waals surface area (Å²) in [6.45, 7) is 7.74. The number of nitrogens with one attached hydrogen (secondary N) is 1. The maximum absolute atomic E-state index is 13.2. The molecular weight excluding hydrogens is 408 g/mol. The molecule has 0 spiro atoms. The topological polar surface area (TPSA) is 75.2 Å². The van der Waals surface area contributed by atoms with E-state index in [-0.39, 0.29) is 17.7 Å². The van der Waals surface area contributed by atoms with Crippen LogP contribution in [0.2, 0.25) is 0 Å². The summed E-state index contributed by atoms with van der Waals surface area (Å²) in [5.41, 5.74) is 2.99. The van der Waals surface area contributed by atoms with Crippen molar-refractivity contribution in [3.05, 3.63) is 57.9 Å². The van der Waals surface area contributed by atoms with Crippen molar-refractivity contribution in [1.29, 1.82) is 0 Å². The largest absolute Gasteiger partial charge is 0.352 e. The Labute approximate surface area is 186 Å². The lowest BCUT2D eigenvalue weighted by atomic mass is 9.95. The highest BCUT2D eigenvalue weighted by Gasteiger charge is 2.30. The first-order valence-corrected chi connectivity index (χ1v) is 11.7. The summed E-state index contributed by atoms with van der Waals surface area (Å²) in [7, 11) is 0. The summed E-state index contributed by atoms with van der Waals surface area (Å²) in [4.78, 5) is 38.5. The number of piperidine rings is 1. The first kappa shape index (κ1) is 21.4. The summed E-state index contributed by atoms with van der Waals surface area (Å²) in [6.07, 6.45) is 2.15. The molecule has 1 fully saturated rings. The molecule has 2 amide bonds. The minimum Gasteiger partial charge on any atom is -0.352 e. The number of aryl methyl sites for hydroxylation is 3. The second-order valence-electron chi connectivity index (χ2n) is 8.09. The molecule has 31 heavy (non-hydrogen) atoms. The summed E-state index contributed by atoms with van der Waals surface area (Å²) in [5.74, 6) is 0.886. The molecule has 4 rings (SSSR count). The number of hydrogen-bond acceptors (Lipinski definition) is 5. The van der Waals surface area contributed by atoms with Crippen molar-refractivity contribution >= 4 is 33.4 Å². The number of thiophene rings is 1. The molecule has 3 aromatic rings. The van der Waals surface area contributed by atoms with Gasteiger partial charge < -0.3 is 10.2 Å². The first-order valence-electron chi connectivity index (χ1n) is 10.9. The Hall–Kier alpha value is -2.80. The normalized spacial score (nSPS) is 14.7. The number of nitrogens with zero attached hydrogens (tertiary/aromatic N) is 3. The van der Waals surface area contributed by atoms with E-state index in [2.05, 4.69) is 15.3 Å². The quantitative estimate of drug-likeness (QED) is 0.655. The summed E-state index contributed by atoms with van der Waals surface area (Å²) in [6, 6.07) is 9.91. The van der Waals surface area contributed by atoms with Gasteiger partial charge in [0.15, 0.2) is 0 Å². The number of carbonyl (C=O) groups excluding carboxylic acids is 2. The molecule has 7 heteroatoms. The standard InChI is InChI=1S/C24H28N4O2S/c1-4-19-26-16(3)20-15(2)21(31-23(20)27-19)24(30)28-12-10-18(11-13-28)22(29)25-14-17-8-6-5-7-9-17/h5-9,18H,4,10-14H2,1-3H3,(H,25,29). The molecule has 0 radical (unpaired) electrons. The number of likely N-dealkylation sites (tertiary alicyclic amines) is 1. The lowest BCUT2D eigenvalue weighted by Gasteiger charge is -2.31. The second-order valence-corrected chi connectivity index (χ2v) is 9.08. The molecule has 0 saturated carbocycles. The minimum atomic E-state index is -0.0449. The zero-order valence-electron chi connectivity index (χ0n) is 18.3. The Morgan fingerprint density at radius 3 is 2.52 bits per heavy atom. The van der Waals surface area contributed by atoms with E-state index in [1.165, 1.54) is 11.3 Å². The molecule has 2 aromatic heterocycles. The van der Waals surface area contributed by atoms with Crippen LogP contribution in [0.15, 0.2) is 30.3 Å². The van der Waals surface area contributed by atoms with Gasteiger partial charge in [0.1, 0.15) is 10.7 Å². The third-order valence-electron chi connectivity index (χ3n) is 5.99. The lowest BCUT2D eigenvalue weighted by Crippen LogP contribution is -2.42. The number of rotatable bonds is 5. The van der Waals surface area contributed by atoms with E-state index < -0.39 is 0 Å². The fourth-order valence-electron chi connectivity index (χ4n) is 4.17. The monoisotopic (exact) mass is 436 g/mol. The molecule has 0 atom stereocenters. The van der Waals surface area contributed by atoms with Gasteiger partial charge in [-0.05, 0) is 37.8 Å². The van der Waals surface area contributed by atoms with Crippen molar-refractivity contribution in [1.82, 2.24) is 20.2 Å². The van der Waals surface area contributed by atoms with Gasteiger partial charge in [-0.1, -0.05) is 37.3 Å². The van der Waals surface area contributed by atoms with Gasteiger partial charge in [0.25, 0.3) is 5.91 Å². The third kappa shape index (κ3) is 4.46. The molecular formula is C24H28N4O2S. The molecule has 6 nitrogen and oxygen atoms in total. The predicted molar refractivity (Wildman–Crippen MR) is 123 cm³/mol. The number of amides is 2. The maximum Gasteiger partial charge on any atom is 0.264 e. The van der Waals surface area contributed by atoms with E-state index in [4.69, 9.17) is 0 Å². The van der Waals surface area contributed by atoms with Gasteiger partial charge in [0.2, 0.25) is 5.91 Å². The van der Waals surface area contributed by atoms with Crippen LogP contribution >= 0.6 is 11.3 Å². The highest BCUT2D eigenvalue weighted by Crippen LogP contribution is 2.33. The average Bonchev–Trinajstić information content (AvgIpc) is 3.14. The van der Waals surface area contributed by atoms with Gasteiger partial charge in [-0.2, -0.15) is 0 Å². The summed E-state index contributed by atoms with van der Waals surface area (Å²) in [5, 5.41) is 4.03. The molecule has 1 saturated heterocycles. The van der Waals surface area contributed by atoms with Crippen LogP contribution in [-0.4, -0.2) is 39.8 Å². The van der Waals surface area contributed by atoms with E-state index in [1.54, 1.807) is 0 Å². The van der Waals surface area contributed by atoms with Crippen molar-refractivity contribution in [2.24, 2.45) is 5.92 Å². The van der Waals surface area contributed by atoms with Gasteiger partial charge in [-0.15, -0.1) is 11.3 Å². The molecule has 162 valence electrons. The highest BCUT2D eigenvalue weighted by molar-refractivity contribution is 7.20. The fourth-order valence-corrected chi connectivity index (χ4v) is 5.39. The van der Waals surface area contributed by atoms with Crippen molar-refractivity contribution in [3.63, 3.8) is 0 Å². The SMILES string of the molecule is CCc1nc(C)c2c(C)c(C(=O)N3CCC(C(=O)NCc4ccccc4)CC3)sc2n1.